The molecule has 1 aromatic heterocycles. The summed E-state index contributed by atoms with van der Waals surface area (Å²) in [5.41, 5.74) is 1.00. The first kappa shape index (κ1) is 15.1. The van der Waals surface area contributed by atoms with Crippen LogP contribution in [0.5, 0.6) is 11.5 Å². The van der Waals surface area contributed by atoms with Gasteiger partial charge in [-0.3, -0.25) is 9.59 Å². The number of Topliss-reactive ketones (excluding diaryl/α,β-unsaturated/α-hetero) is 1. The number of hydrogen-bond donors (Lipinski definition) is 0. The Bertz CT molecular complexity index is 747. The summed E-state index contributed by atoms with van der Waals surface area (Å²) in [5.74, 6) is -1.05. The minimum atomic E-state index is -0.998. The lowest BCUT2D eigenvalue weighted by Crippen LogP contribution is -2.25. The normalized spacial score (nSPS) is 19.3. The number of fused-ring (bicyclic) bond motifs is 1. The zero-order chi connectivity index (χ0) is 16.6. The molecule has 2 aromatic rings. The predicted molar refractivity (Wildman–Crippen MR) is 79.9 cm³/mol. The molecule has 6 heteroatoms. The summed E-state index contributed by atoms with van der Waals surface area (Å²) in [6, 6.07) is 6.73. The summed E-state index contributed by atoms with van der Waals surface area (Å²) in [7, 11) is 4.27. The summed E-state index contributed by atoms with van der Waals surface area (Å²) >= 11 is 0. The Labute approximate surface area is 132 Å². The van der Waals surface area contributed by atoms with Crippen LogP contribution < -0.4 is 9.47 Å². The van der Waals surface area contributed by atoms with Gasteiger partial charge in [0.05, 0.1) is 33.5 Å². The van der Waals surface area contributed by atoms with E-state index >= 15 is 0 Å². The van der Waals surface area contributed by atoms with Gasteiger partial charge in [-0.05, 0) is 18.2 Å². The van der Waals surface area contributed by atoms with E-state index in [4.69, 9.17) is 18.6 Å². The number of carbonyl (C=O) groups excluding carboxylic acids is 2. The second kappa shape index (κ2) is 5.79. The summed E-state index contributed by atoms with van der Waals surface area (Å²) in [6.45, 7) is 0. The third-order valence-corrected chi connectivity index (χ3v) is 4.07. The first-order valence-corrected chi connectivity index (χ1v) is 7.03. The lowest BCUT2D eigenvalue weighted by atomic mass is 9.89. The van der Waals surface area contributed by atoms with Crippen molar-refractivity contribution in [2.45, 2.75) is 5.92 Å². The molecule has 0 N–H and O–H groups in total. The lowest BCUT2D eigenvalue weighted by Gasteiger charge is -2.17. The molecule has 0 amide bonds. The molecule has 6 nitrogen and oxygen atoms in total. The highest BCUT2D eigenvalue weighted by molar-refractivity contribution is 6.14. The van der Waals surface area contributed by atoms with Gasteiger partial charge >= 0.3 is 5.97 Å². The lowest BCUT2D eigenvalue weighted by molar-refractivity contribution is -0.144. The van der Waals surface area contributed by atoms with Gasteiger partial charge in [0.25, 0.3) is 0 Å². The smallest absolute Gasteiger partial charge is 0.317 e. The van der Waals surface area contributed by atoms with E-state index in [9.17, 15) is 9.59 Å². The topological polar surface area (TPSA) is 75.0 Å². The molecular weight excluding hydrogens is 300 g/mol. The van der Waals surface area contributed by atoms with E-state index in [-0.39, 0.29) is 5.78 Å². The van der Waals surface area contributed by atoms with E-state index in [0.717, 1.165) is 0 Å². The van der Waals surface area contributed by atoms with Gasteiger partial charge in [0.2, 0.25) is 0 Å². The number of esters is 1. The van der Waals surface area contributed by atoms with Crippen LogP contribution in [0.2, 0.25) is 0 Å². The van der Waals surface area contributed by atoms with E-state index in [1.165, 1.54) is 27.6 Å². The molecule has 1 aliphatic rings. The maximum absolute atomic E-state index is 12.8. The van der Waals surface area contributed by atoms with Crippen molar-refractivity contribution in [2.24, 2.45) is 5.92 Å². The number of hydrogen-bond acceptors (Lipinski definition) is 6. The third-order valence-electron chi connectivity index (χ3n) is 4.07. The Kier molecular flexibility index (Phi) is 3.82. The van der Waals surface area contributed by atoms with Gasteiger partial charge in [0, 0.05) is 17.2 Å². The van der Waals surface area contributed by atoms with Crippen LogP contribution in [0.3, 0.4) is 0 Å². The van der Waals surface area contributed by atoms with Gasteiger partial charge in [-0.15, -0.1) is 0 Å². The minimum absolute atomic E-state index is 0.328. The minimum Gasteiger partial charge on any atom is -0.497 e. The quantitative estimate of drug-likeness (QED) is 0.637. The number of furan rings is 1. The molecule has 3 rings (SSSR count). The van der Waals surface area contributed by atoms with Gasteiger partial charge < -0.3 is 18.6 Å². The van der Waals surface area contributed by atoms with Crippen molar-refractivity contribution in [3.8, 4) is 11.5 Å². The Morgan fingerprint density at radius 1 is 1.17 bits per heavy atom. The number of methoxy groups -OCH3 is 3. The molecule has 0 fully saturated rings. The first-order chi connectivity index (χ1) is 11.1. The number of carbonyl (C=O) groups is 2. The molecule has 0 unspecified atom stereocenters. The van der Waals surface area contributed by atoms with E-state index in [1.807, 2.05) is 0 Å². The van der Waals surface area contributed by atoms with Gasteiger partial charge in [0.1, 0.15) is 23.2 Å². The highest BCUT2D eigenvalue weighted by atomic mass is 16.5. The first-order valence-electron chi connectivity index (χ1n) is 7.03. The van der Waals surface area contributed by atoms with Crippen molar-refractivity contribution in [3.05, 3.63) is 47.4 Å². The average molecular weight is 316 g/mol. The van der Waals surface area contributed by atoms with Gasteiger partial charge in [-0.25, -0.2) is 0 Å². The number of rotatable bonds is 4. The molecule has 1 heterocycles. The SMILES string of the molecule is COC(=O)[C@H]1C(=O)c2cc(OC)cc(OC)c2[C@@H]1c1ccco1. The van der Waals surface area contributed by atoms with E-state index < -0.39 is 17.8 Å². The number of ketones is 1. The van der Waals surface area contributed by atoms with Crippen LogP contribution in [-0.4, -0.2) is 33.1 Å². The van der Waals surface area contributed by atoms with Crippen LogP contribution in [0.25, 0.3) is 0 Å². The highest BCUT2D eigenvalue weighted by Gasteiger charge is 2.49. The van der Waals surface area contributed by atoms with Gasteiger partial charge in [0.15, 0.2) is 5.78 Å². The Morgan fingerprint density at radius 2 is 1.96 bits per heavy atom. The van der Waals surface area contributed by atoms with E-state index in [2.05, 4.69) is 0 Å². The highest BCUT2D eigenvalue weighted by Crippen LogP contribution is 2.48. The molecule has 1 aromatic carbocycles. The molecule has 23 heavy (non-hydrogen) atoms. The maximum atomic E-state index is 12.8. The van der Waals surface area contributed by atoms with E-state index in [0.29, 0.717) is 28.4 Å². The summed E-state index contributed by atoms with van der Waals surface area (Å²) < 4.78 is 20.9. The van der Waals surface area contributed by atoms with Crippen molar-refractivity contribution in [1.82, 2.24) is 0 Å². The van der Waals surface area contributed by atoms with Crippen molar-refractivity contribution in [2.75, 3.05) is 21.3 Å². The predicted octanol–water partition coefficient (Wildman–Crippen LogP) is 2.41. The van der Waals surface area contributed by atoms with Crippen LogP contribution in [0, 0.1) is 5.92 Å². The van der Waals surface area contributed by atoms with Crippen LogP contribution in [0.1, 0.15) is 27.6 Å². The van der Waals surface area contributed by atoms with Crippen LogP contribution in [0.4, 0.5) is 0 Å². The fraction of sp³-hybridized carbons (Fsp3) is 0.294. The molecule has 0 bridgehead atoms. The summed E-state index contributed by atoms with van der Waals surface area (Å²) in [5, 5.41) is 0. The molecular formula is C17H16O6. The molecule has 0 saturated carbocycles. The largest absolute Gasteiger partial charge is 0.497 e. The standard InChI is InChI=1S/C17H16O6/c1-20-9-7-10-13(12(8-9)21-2)14(11-5-4-6-23-11)15(16(10)18)17(19)22-3/h4-8,14-15H,1-3H3/t14-,15+/m0/s1. The third kappa shape index (κ3) is 2.27. The molecule has 1 aliphatic carbocycles. The zero-order valence-corrected chi connectivity index (χ0v) is 13.0. The molecule has 120 valence electrons. The molecule has 2 atom stereocenters. The second-order valence-electron chi connectivity index (χ2n) is 5.15. The van der Waals surface area contributed by atoms with Gasteiger partial charge in [-0.1, -0.05) is 0 Å². The van der Waals surface area contributed by atoms with E-state index in [1.54, 1.807) is 24.3 Å². The second-order valence-corrected chi connectivity index (χ2v) is 5.15. The summed E-state index contributed by atoms with van der Waals surface area (Å²) in [4.78, 5) is 25.0. The average Bonchev–Trinajstić information content (AvgIpc) is 3.19. The van der Waals surface area contributed by atoms with Crippen molar-refractivity contribution >= 4 is 11.8 Å². The Morgan fingerprint density at radius 3 is 2.52 bits per heavy atom. The number of ether oxygens (including phenoxy) is 3. The van der Waals surface area contributed by atoms with Crippen molar-refractivity contribution in [1.29, 1.82) is 0 Å². The fourth-order valence-electron chi connectivity index (χ4n) is 3.04. The van der Waals surface area contributed by atoms with Crippen LogP contribution in [0.15, 0.2) is 34.9 Å². The van der Waals surface area contributed by atoms with Crippen molar-refractivity contribution < 1.29 is 28.2 Å². The van der Waals surface area contributed by atoms with Crippen LogP contribution in [-0.2, 0) is 9.53 Å². The fourth-order valence-corrected chi connectivity index (χ4v) is 3.04. The Balaban J connectivity index is 2.25. The van der Waals surface area contributed by atoms with Gasteiger partial charge in [-0.2, -0.15) is 0 Å². The number of benzene rings is 1. The van der Waals surface area contributed by atoms with Crippen molar-refractivity contribution in [3.63, 3.8) is 0 Å². The molecule has 0 aliphatic heterocycles. The summed E-state index contributed by atoms with van der Waals surface area (Å²) in [6.07, 6.45) is 1.50. The molecule has 0 spiro atoms. The maximum Gasteiger partial charge on any atom is 0.317 e. The Hall–Kier alpha value is -2.76. The van der Waals surface area contributed by atoms with Crippen LogP contribution >= 0.6 is 0 Å². The molecule has 0 saturated heterocycles. The zero-order valence-electron chi connectivity index (χ0n) is 13.0. The monoisotopic (exact) mass is 316 g/mol. The molecule has 0 radical (unpaired) electrons.